The minimum Gasteiger partial charge on any atom is -0.369 e. The van der Waals surface area contributed by atoms with Crippen molar-refractivity contribution < 1.29 is 0 Å². The van der Waals surface area contributed by atoms with Gasteiger partial charge in [0.1, 0.15) is 0 Å². The fourth-order valence-corrected chi connectivity index (χ4v) is 3.02. The lowest BCUT2D eigenvalue weighted by atomic mass is 10.0. The molecule has 2 heteroatoms. The van der Waals surface area contributed by atoms with Gasteiger partial charge in [-0.2, -0.15) is 0 Å². The van der Waals surface area contributed by atoms with Crippen molar-refractivity contribution in [2.24, 2.45) is 5.73 Å². The van der Waals surface area contributed by atoms with E-state index in [4.69, 9.17) is 5.73 Å². The molecular formula is C16H26N2. The number of rotatable bonds is 5. The van der Waals surface area contributed by atoms with Crippen LogP contribution in [-0.2, 0) is 0 Å². The number of hydrogen-bond donors (Lipinski definition) is 1. The molecule has 2 N–H and O–H groups in total. The molecule has 18 heavy (non-hydrogen) atoms. The Balaban J connectivity index is 2.11. The van der Waals surface area contributed by atoms with Crippen LogP contribution in [0.2, 0.25) is 0 Å². The highest BCUT2D eigenvalue weighted by atomic mass is 15.2. The van der Waals surface area contributed by atoms with Crippen molar-refractivity contribution in [1.29, 1.82) is 0 Å². The molecule has 0 aromatic heterocycles. The molecule has 0 saturated heterocycles. The molecular weight excluding hydrogens is 220 g/mol. The molecule has 2 nitrogen and oxygen atoms in total. The molecule has 1 fully saturated rings. The molecule has 1 aromatic rings. The highest BCUT2D eigenvalue weighted by Gasteiger charge is 2.21. The third kappa shape index (κ3) is 2.86. The maximum absolute atomic E-state index is 6.06. The topological polar surface area (TPSA) is 29.3 Å². The zero-order valence-corrected chi connectivity index (χ0v) is 11.7. The highest BCUT2D eigenvalue weighted by molar-refractivity contribution is 5.49. The van der Waals surface area contributed by atoms with Gasteiger partial charge in [0.05, 0.1) is 0 Å². The maximum Gasteiger partial charge on any atom is 0.0368 e. The molecule has 1 aliphatic rings. The number of nitrogens with zero attached hydrogens (tertiary/aromatic N) is 1. The average Bonchev–Trinajstić information content (AvgIpc) is 2.93. The first-order chi connectivity index (χ1) is 8.76. The van der Waals surface area contributed by atoms with Gasteiger partial charge in [-0.05, 0) is 43.9 Å². The Bertz CT molecular complexity index is 352. The van der Waals surface area contributed by atoms with E-state index in [0.29, 0.717) is 0 Å². The van der Waals surface area contributed by atoms with Crippen LogP contribution in [0.3, 0.4) is 0 Å². The summed E-state index contributed by atoms with van der Waals surface area (Å²) in [6.45, 7) is 5.49. The predicted octanol–water partition coefficient (Wildman–Crippen LogP) is 3.87. The van der Waals surface area contributed by atoms with Gasteiger partial charge in [0.2, 0.25) is 0 Å². The fourth-order valence-electron chi connectivity index (χ4n) is 3.02. The Morgan fingerprint density at radius 3 is 2.28 bits per heavy atom. The van der Waals surface area contributed by atoms with Gasteiger partial charge in [-0.15, -0.1) is 0 Å². The molecule has 1 aromatic carbocycles. The van der Waals surface area contributed by atoms with Gasteiger partial charge in [-0.3, -0.25) is 0 Å². The Morgan fingerprint density at radius 1 is 1.17 bits per heavy atom. The normalized spacial score (nSPS) is 17.9. The van der Waals surface area contributed by atoms with E-state index in [1.165, 1.54) is 36.9 Å². The van der Waals surface area contributed by atoms with Crippen LogP contribution in [0.5, 0.6) is 0 Å². The third-order valence-electron chi connectivity index (χ3n) is 4.20. The van der Waals surface area contributed by atoms with Gasteiger partial charge in [0.25, 0.3) is 0 Å². The fraction of sp³-hybridized carbons (Fsp3) is 0.625. The summed E-state index contributed by atoms with van der Waals surface area (Å²) in [4.78, 5) is 2.55. The summed E-state index contributed by atoms with van der Waals surface area (Å²) in [6, 6.07) is 9.81. The first-order valence-electron chi connectivity index (χ1n) is 7.38. The Labute approximate surface area is 111 Å². The van der Waals surface area contributed by atoms with Crippen molar-refractivity contribution in [1.82, 2.24) is 0 Å². The largest absolute Gasteiger partial charge is 0.369 e. The lowest BCUT2D eigenvalue weighted by molar-refractivity contribution is 0.619. The van der Waals surface area contributed by atoms with E-state index in [2.05, 4.69) is 43.0 Å². The molecule has 1 saturated carbocycles. The highest BCUT2D eigenvalue weighted by Crippen LogP contribution is 2.28. The van der Waals surface area contributed by atoms with E-state index in [1.807, 2.05) is 0 Å². The van der Waals surface area contributed by atoms with Crippen molar-refractivity contribution in [3.63, 3.8) is 0 Å². The van der Waals surface area contributed by atoms with E-state index >= 15 is 0 Å². The van der Waals surface area contributed by atoms with E-state index in [0.717, 1.165) is 19.0 Å². The minimum absolute atomic E-state index is 0.181. The summed E-state index contributed by atoms with van der Waals surface area (Å²) in [5, 5.41) is 0. The summed E-state index contributed by atoms with van der Waals surface area (Å²) in [5.41, 5.74) is 8.67. The SMILES string of the molecule is CCC(N)c1ccc(N(CC)C2CCCC2)cc1. The first kappa shape index (κ1) is 13.4. The number of hydrogen-bond acceptors (Lipinski definition) is 2. The molecule has 100 valence electrons. The Hall–Kier alpha value is -1.02. The second-order valence-corrected chi connectivity index (χ2v) is 5.33. The predicted molar refractivity (Wildman–Crippen MR) is 78.9 cm³/mol. The number of benzene rings is 1. The van der Waals surface area contributed by atoms with Crippen LogP contribution >= 0.6 is 0 Å². The minimum atomic E-state index is 0.181. The standard InChI is InChI=1S/C16H26N2/c1-3-16(17)13-9-11-15(12-10-13)18(4-2)14-7-5-6-8-14/h9-12,14,16H,3-8,17H2,1-2H3. The zero-order chi connectivity index (χ0) is 13.0. The van der Waals surface area contributed by atoms with Crippen molar-refractivity contribution in [3.05, 3.63) is 29.8 Å². The molecule has 1 atom stereocenters. The van der Waals surface area contributed by atoms with Crippen LogP contribution in [0.4, 0.5) is 5.69 Å². The third-order valence-corrected chi connectivity index (χ3v) is 4.20. The quantitative estimate of drug-likeness (QED) is 0.854. The second kappa shape index (κ2) is 6.24. The molecule has 0 amide bonds. The van der Waals surface area contributed by atoms with Crippen LogP contribution in [0.15, 0.2) is 24.3 Å². The van der Waals surface area contributed by atoms with E-state index in [-0.39, 0.29) is 6.04 Å². The molecule has 0 heterocycles. The molecule has 1 unspecified atom stereocenters. The van der Waals surface area contributed by atoms with Crippen molar-refractivity contribution in [2.45, 2.75) is 58.0 Å². The van der Waals surface area contributed by atoms with Crippen LogP contribution in [-0.4, -0.2) is 12.6 Å². The van der Waals surface area contributed by atoms with Crippen molar-refractivity contribution in [3.8, 4) is 0 Å². The summed E-state index contributed by atoms with van der Waals surface area (Å²) in [5.74, 6) is 0. The van der Waals surface area contributed by atoms with Gasteiger partial charge in [-0.25, -0.2) is 0 Å². The number of nitrogens with two attached hydrogens (primary N) is 1. The molecule has 0 bridgehead atoms. The van der Waals surface area contributed by atoms with Crippen LogP contribution < -0.4 is 10.6 Å². The summed E-state index contributed by atoms with van der Waals surface area (Å²) < 4.78 is 0. The molecule has 2 rings (SSSR count). The van der Waals surface area contributed by atoms with E-state index in [9.17, 15) is 0 Å². The summed E-state index contributed by atoms with van der Waals surface area (Å²) in [7, 11) is 0. The molecule has 0 radical (unpaired) electrons. The molecule has 0 spiro atoms. The molecule has 0 aliphatic heterocycles. The van der Waals surface area contributed by atoms with Crippen LogP contribution in [0.25, 0.3) is 0 Å². The Morgan fingerprint density at radius 2 is 1.78 bits per heavy atom. The van der Waals surface area contributed by atoms with Gasteiger partial charge >= 0.3 is 0 Å². The number of anilines is 1. The first-order valence-corrected chi connectivity index (χ1v) is 7.38. The smallest absolute Gasteiger partial charge is 0.0368 e. The summed E-state index contributed by atoms with van der Waals surface area (Å²) in [6.07, 6.45) is 6.48. The van der Waals surface area contributed by atoms with Crippen molar-refractivity contribution >= 4 is 5.69 Å². The van der Waals surface area contributed by atoms with E-state index < -0.39 is 0 Å². The van der Waals surface area contributed by atoms with Crippen molar-refractivity contribution in [2.75, 3.05) is 11.4 Å². The van der Waals surface area contributed by atoms with Gasteiger partial charge in [-0.1, -0.05) is 31.9 Å². The summed E-state index contributed by atoms with van der Waals surface area (Å²) >= 11 is 0. The lowest BCUT2D eigenvalue weighted by Gasteiger charge is -2.30. The molecule has 1 aliphatic carbocycles. The van der Waals surface area contributed by atoms with Gasteiger partial charge in [0, 0.05) is 24.3 Å². The zero-order valence-electron chi connectivity index (χ0n) is 11.7. The van der Waals surface area contributed by atoms with E-state index in [1.54, 1.807) is 0 Å². The Kier molecular flexibility index (Phi) is 4.65. The van der Waals surface area contributed by atoms with Gasteiger partial charge in [0.15, 0.2) is 0 Å². The maximum atomic E-state index is 6.06. The van der Waals surface area contributed by atoms with Crippen LogP contribution in [0, 0.1) is 0 Å². The average molecular weight is 246 g/mol. The van der Waals surface area contributed by atoms with Crippen LogP contribution in [0.1, 0.15) is 57.6 Å². The second-order valence-electron chi connectivity index (χ2n) is 5.33. The van der Waals surface area contributed by atoms with Gasteiger partial charge < -0.3 is 10.6 Å². The lowest BCUT2D eigenvalue weighted by Crippen LogP contribution is -2.32. The monoisotopic (exact) mass is 246 g/mol.